The van der Waals surface area contributed by atoms with Crippen LogP contribution in [-0.2, 0) is 9.47 Å². The minimum absolute atomic E-state index is 0.0940. The molecule has 1 aliphatic rings. The van der Waals surface area contributed by atoms with Crippen LogP contribution >= 0.6 is 34.5 Å². The van der Waals surface area contributed by atoms with Gasteiger partial charge in [-0.15, -0.1) is 0 Å². The van der Waals surface area contributed by atoms with Crippen LogP contribution in [0, 0.1) is 0 Å². The second kappa shape index (κ2) is 10.3. The monoisotopic (exact) mass is 491 g/mol. The number of anilines is 2. The number of carbonyl (C=O) groups excluding carboxylic acids is 1. The van der Waals surface area contributed by atoms with Crippen LogP contribution in [0.25, 0.3) is 21.8 Å². The molecule has 0 aliphatic carbocycles. The maximum absolute atomic E-state index is 12.0. The molecule has 8 nitrogen and oxygen atoms in total. The summed E-state index contributed by atoms with van der Waals surface area (Å²) in [4.78, 5) is 28.2. The van der Waals surface area contributed by atoms with Crippen molar-refractivity contribution in [1.82, 2.24) is 15.0 Å². The first-order valence-electron chi connectivity index (χ1n) is 9.73. The fraction of sp³-hybridized carbons (Fsp3) is 0.238. The van der Waals surface area contributed by atoms with E-state index < -0.39 is 6.09 Å². The molecule has 32 heavy (non-hydrogen) atoms. The van der Waals surface area contributed by atoms with Gasteiger partial charge in [-0.2, -0.15) is 0 Å². The summed E-state index contributed by atoms with van der Waals surface area (Å²) >= 11 is 14.2. The number of nitrogens with zero attached hydrogens (tertiary/aromatic N) is 4. The van der Waals surface area contributed by atoms with Crippen molar-refractivity contribution in [3.8, 4) is 21.8 Å². The van der Waals surface area contributed by atoms with Gasteiger partial charge in [-0.25, -0.2) is 19.7 Å². The molecule has 0 radical (unpaired) electrons. The molecule has 0 unspecified atom stereocenters. The molecule has 1 saturated heterocycles. The van der Waals surface area contributed by atoms with Gasteiger partial charge in [-0.1, -0.05) is 47.7 Å². The van der Waals surface area contributed by atoms with Gasteiger partial charge in [0.1, 0.15) is 6.61 Å². The molecule has 1 aliphatic heterocycles. The Labute approximate surface area is 198 Å². The standard InChI is InChI=1S/C21H19Cl2N5O3S/c1-2-10-31-21(29)26-14-5-3-4-13(16(14)22)17-18(15-6-7-24-19(23)25-15)32-20(27-17)28-8-11-30-12-9-28/h2-7H,1,8-12H2,(H,26,29). The van der Waals surface area contributed by atoms with Crippen LogP contribution in [0.3, 0.4) is 0 Å². The Kier molecular flexibility index (Phi) is 7.21. The van der Waals surface area contributed by atoms with Gasteiger partial charge in [0.05, 0.1) is 40.2 Å². The van der Waals surface area contributed by atoms with Crippen molar-refractivity contribution in [2.75, 3.05) is 43.1 Å². The zero-order valence-corrected chi connectivity index (χ0v) is 19.2. The lowest BCUT2D eigenvalue weighted by atomic mass is 10.1. The third-order valence-electron chi connectivity index (χ3n) is 4.58. The largest absolute Gasteiger partial charge is 0.445 e. The lowest BCUT2D eigenvalue weighted by Gasteiger charge is -2.26. The normalized spacial score (nSPS) is 13.6. The highest BCUT2D eigenvalue weighted by molar-refractivity contribution is 7.19. The Bertz CT molecular complexity index is 1130. The zero-order chi connectivity index (χ0) is 22.5. The van der Waals surface area contributed by atoms with E-state index in [1.165, 1.54) is 17.4 Å². The summed E-state index contributed by atoms with van der Waals surface area (Å²) < 4.78 is 10.5. The zero-order valence-electron chi connectivity index (χ0n) is 16.9. The van der Waals surface area contributed by atoms with Crippen molar-refractivity contribution in [3.05, 3.63) is 53.4 Å². The van der Waals surface area contributed by atoms with Crippen molar-refractivity contribution < 1.29 is 14.3 Å². The fourth-order valence-corrected chi connectivity index (χ4v) is 4.62. The second-order valence-electron chi connectivity index (χ2n) is 6.66. The van der Waals surface area contributed by atoms with E-state index in [1.807, 2.05) is 6.07 Å². The first-order valence-corrected chi connectivity index (χ1v) is 11.3. The van der Waals surface area contributed by atoms with E-state index >= 15 is 0 Å². The molecule has 1 aromatic carbocycles. The maximum Gasteiger partial charge on any atom is 0.411 e. The van der Waals surface area contributed by atoms with Gasteiger partial charge >= 0.3 is 6.09 Å². The third-order valence-corrected chi connectivity index (χ3v) is 6.31. The SMILES string of the molecule is C=CCOC(=O)Nc1cccc(-c2nc(N3CCOCC3)sc2-c2ccnc(Cl)n2)c1Cl. The van der Waals surface area contributed by atoms with E-state index in [0.29, 0.717) is 40.9 Å². The van der Waals surface area contributed by atoms with E-state index in [1.54, 1.807) is 24.4 Å². The number of amides is 1. The lowest BCUT2D eigenvalue weighted by Crippen LogP contribution is -2.36. The molecule has 1 N–H and O–H groups in total. The van der Waals surface area contributed by atoms with Crippen molar-refractivity contribution in [3.63, 3.8) is 0 Å². The lowest BCUT2D eigenvalue weighted by molar-refractivity contribution is 0.122. The fourth-order valence-electron chi connectivity index (χ4n) is 3.11. The molecule has 0 spiro atoms. The molecule has 166 valence electrons. The van der Waals surface area contributed by atoms with Crippen LogP contribution in [0.15, 0.2) is 43.1 Å². The van der Waals surface area contributed by atoms with Crippen LogP contribution in [0.2, 0.25) is 10.3 Å². The van der Waals surface area contributed by atoms with Crippen LogP contribution in [0.1, 0.15) is 0 Å². The molecular weight excluding hydrogens is 473 g/mol. The average molecular weight is 492 g/mol. The Hall–Kier alpha value is -2.72. The Morgan fingerprint density at radius 1 is 1.28 bits per heavy atom. The van der Waals surface area contributed by atoms with Crippen LogP contribution in [-0.4, -0.2) is 54.0 Å². The highest BCUT2D eigenvalue weighted by Gasteiger charge is 2.23. The Balaban J connectivity index is 1.76. The van der Waals surface area contributed by atoms with Gasteiger partial charge in [0.15, 0.2) is 5.13 Å². The van der Waals surface area contributed by atoms with Crippen molar-refractivity contribution in [1.29, 1.82) is 0 Å². The van der Waals surface area contributed by atoms with Gasteiger partial charge in [-0.3, -0.25) is 5.32 Å². The summed E-state index contributed by atoms with van der Waals surface area (Å²) in [6.07, 6.45) is 2.45. The molecule has 1 fully saturated rings. The van der Waals surface area contributed by atoms with Gasteiger partial charge in [0, 0.05) is 24.8 Å². The minimum Gasteiger partial charge on any atom is -0.445 e. The number of benzene rings is 1. The van der Waals surface area contributed by atoms with E-state index in [-0.39, 0.29) is 11.9 Å². The summed E-state index contributed by atoms with van der Waals surface area (Å²) in [6, 6.07) is 7.09. The molecule has 0 bridgehead atoms. The number of carbonyl (C=O) groups is 1. The van der Waals surface area contributed by atoms with Gasteiger partial charge < -0.3 is 14.4 Å². The number of aromatic nitrogens is 3. The van der Waals surface area contributed by atoms with E-state index in [4.69, 9.17) is 37.7 Å². The third kappa shape index (κ3) is 5.02. The summed E-state index contributed by atoms with van der Waals surface area (Å²) in [5, 5.41) is 3.96. The molecule has 3 aromatic rings. The smallest absolute Gasteiger partial charge is 0.411 e. The minimum atomic E-state index is -0.626. The molecule has 0 atom stereocenters. The van der Waals surface area contributed by atoms with Crippen molar-refractivity contribution >= 4 is 51.5 Å². The Morgan fingerprint density at radius 2 is 2.09 bits per heavy atom. The summed E-state index contributed by atoms with van der Waals surface area (Å²) in [6.45, 7) is 6.37. The summed E-state index contributed by atoms with van der Waals surface area (Å²) in [7, 11) is 0. The van der Waals surface area contributed by atoms with Gasteiger partial charge in [0.25, 0.3) is 0 Å². The van der Waals surface area contributed by atoms with Gasteiger partial charge in [-0.05, 0) is 23.7 Å². The molecule has 1 amide bonds. The maximum atomic E-state index is 12.0. The molecule has 3 heterocycles. The summed E-state index contributed by atoms with van der Waals surface area (Å²) in [5.74, 6) is 0. The predicted molar refractivity (Wildman–Crippen MR) is 127 cm³/mol. The molecule has 11 heteroatoms. The molecule has 2 aromatic heterocycles. The van der Waals surface area contributed by atoms with Gasteiger partial charge in [0.2, 0.25) is 5.28 Å². The second-order valence-corrected chi connectivity index (χ2v) is 8.36. The number of thiazole rings is 1. The number of hydrogen-bond acceptors (Lipinski definition) is 8. The van der Waals surface area contributed by atoms with Crippen LogP contribution in [0.4, 0.5) is 15.6 Å². The first kappa shape index (κ1) is 22.5. The average Bonchev–Trinajstić information content (AvgIpc) is 3.25. The molecule has 4 rings (SSSR count). The predicted octanol–water partition coefficient (Wildman–Crippen LogP) is 5.15. The molecule has 0 saturated carbocycles. The summed E-state index contributed by atoms with van der Waals surface area (Å²) in [5.41, 5.74) is 2.33. The molecular formula is C21H19Cl2N5O3S. The highest BCUT2D eigenvalue weighted by Crippen LogP contribution is 2.43. The number of nitrogens with one attached hydrogen (secondary N) is 1. The van der Waals surface area contributed by atoms with E-state index in [2.05, 4.69) is 26.8 Å². The first-order chi connectivity index (χ1) is 15.6. The number of rotatable bonds is 6. The van der Waals surface area contributed by atoms with E-state index in [0.717, 1.165) is 23.1 Å². The Morgan fingerprint density at radius 3 is 2.84 bits per heavy atom. The van der Waals surface area contributed by atoms with Crippen molar-refractivity contribution in [2.24, 2.45) is 0 Å². The van der Waals surface area contributed by atoms with E-state index in [9.17, 15) is 4.79 Å². The number of halogens is 2. The number of hydrogen-bond donors (Lipinski definition) is 1. The van der Waals surface area contributed by atoms with Crippen molar-refractivity contribution in [2.45, 2.75) is 0 Å². The highest BCUT2D eigenvalue weighted by atomic mass is 35.5. The topological polar surface area (TPSA) is 89.5 Å². The quantitative estimate of drug-likeness (QED) is 0.376. The van der Waals surface area contributed by atoms with Crippen LogP contribution in [0.5, 0.6) is 0 Å². The number of morpholine rings is 1. The van der Waals surface area contributed by atoms with Crippen LogP contribution < -0.4 is 10.2 Å². The number of ether oxygens (including phenoxy) is 2.